The van der Waals surface area contributed by atoms with E-state index in [0.29, 0.717) is 13.1 Å². The molecule has 5 nitrogen and oxygen atoms in total. The zero-order chi connectivity index (χ0) is 15.7. The van der Waals surface area contributed by atoms with Crippen LogP contribution in [0.2, 0.25) is 0 Å². The van der Waals surface area contributed by atoms with E-state index >= 15 is 0 Å². The molecule has 0 bridgehead atoms. The number of nitrogens with zero attached hydrogens (tertiary/aromatic N) is 3. The maximum atomic E-state index is 12.0. The molecule has 1 unspecified atom stereocenters. The number of piperazine rings is 1. The lowest BCUT2D eigenvalue weighted by Crippen LogP contribution is -2.51. The number of anilines is 1. The van der Waals surface area contributed by atoms with Gasteiger partial charge in [0.15, 0.2) is 0 Å². The first-order chi connectivity index (χ1) is 10.5. The standard InChI is InChI=1S/C17H23N3O2/c1-13-4-3-5-15(10-13)19-8-6-18(7-9-19)12-20-16(21)11-14(2)17(20)22/h3-5,10,14H,6-9,11-12H2,1-2H3. The van der Waals surface area contributed by atoms with Crippen molar-refractivity contribution >= 4 is 17.5 Å². The van der Waals surface area contributed by atoms with Crippen LogP contribution >= 0.6 is 0 Å². The number of imide groups is 1. The number of benzene rings is 1. The summed E-state index contributed by atoms with van der Waals surface area (Å²) < 4.78 is 0. The van der Waals surface area contributed by atoms with Crippen molar-refractivity contribution in [1.82, 2.24) is 9.80 Å². The molecule has 0 N–H and O–H groups in total. The van der Waals surface area contributed by atoms with Gasteiger partial charge in [0.05, 0.1) is 6.67 Å². The predicted molar refractivity (Wildman–Crippen MR) is 85.5 cm³/mol. The Labute approximate surface area is 131 Å². The molecule has 2 fully saturated rings. The number of rotatable bonds is 3. The van der Waals surface area contributed by atoms with Gasteiger partial charge in [0.25, 0.3) is 0 Å². The van der Waals surface area contributed by atoms with Gasteiger partial charge >= 0.3 is 0 Å². The summed E-state index contributed by atoms with van der Waals surface area (Å²) in [4.78, 5) is 29.8. The summed E-state index contributed by atoms with van der Waals surface area (Å²) in [5, 5.41) is 0. The predicted octanol–water partition coefficient (Wildman–Crippen LogP) is 1.47. The van der Waals surface area contributed by atoms with Crippen molar-refractivity contribution in [3.05, 3.63) is 29.8 Å². The van der Waals surface area contributed by atoms with Crippen LogP contribution in [-0.2, 0) is 9.59 Å². The Morgan fingerprint density at radius 1 is 1.14 bits per heavy atom. The number of amides is 2. The fraction of sp³-hybridized carbons (Fsp3) is 0.529. The molecule has 1 atom stereocenters. The van der Waals surface area contributed by atoms with E-state index in [4.69, 9.17) is 0 Å². The number of hydrogen-bond donors (Lipinski definition) is 0. The van der Waals surface area contributed by atoms with E-state index in [2.05, 4.69) is 41.0 Å². The summed E-state index contributed by atoms with van der Waals surface area (Å²) >= 11 is 0. The van der Waals surface area contributed by atoms with Crippen LogP contribution in [0.3, 0.4) is 0 Å². The Morgan fingerprint density at radius 2 is 1.86 bits per heavy atom. The Hall–Kier alpha value is -1.88. The third-order valence-electron chi connectivity index (χ3n) is 4.55. The quantitative estimate of drug-likeness (QED) is 0.793. The van der Waals surface area contributed by atoms with Gasteiger partial charge in [-0.25, -0.2) is 0 Å². The van der Waals surface area contributed by atoms with E-state index in [9.17, 15) is 9.59 Å². The maximum absolute atomic E-state index is 12.0. The Morgan fingerprint density at radius 3 is 2.45 bits per heavy atom. The summed E-state index contributed by atoms with van der Waals surface area (Å²) in [5.41, 5.74) is 2.52. The normalized spacial score (nSPS) is 23.5. The first-order valence-electron chi connectivity index (χ1n) is 7.93. The van der Waals surface area contributed by atoms with Gasteiger partial charge in [-0.1, -0.05) is 19.1 Å². The van der Waals surface area contributed by atoms with Crippen LogP contribution in [0.1, 0.15) is 18.9 Å². The number of likely N-dealkylation sites (tertiary alicyclic amines) is 1. The van der Waals surface area contributed by atoms with Crippen LogP contribution in [0.4, 0.5) is 5.69 Å². The molecule has 118 valence electrons. The van der Waals surface area contributed by atoms with Gasteiger partial charge in [0, 0.05) is 44.2 Å². The summed E-state index contributed by atoms with van der Waals surface area (Å²) in [6, 6.07) is 8.52. The summed E-state index contributed by atoms with van der Waals surface area (Å²) in [5.74, 6) is -0.203. The molecule has 1 aromatic rings. The van der Waals surface area contributed by atoms with Gasteiger partial charge in [-0.05, 0) is 24.6 Å². The van der Waals surface area contributed by atoms with Crippen molar-refractivity contribution in [2.75, 3.05) is 37.7 Å². The van der Waals surface area contributed by atoms with Crippen molar-refractivity contribution in [1.29, 1.82) is 0 Å². The van der Waals surface area contributed by atoms with E-state index in [0.717, 1.165) is 26.2 Å². The number of carbonyl (C=O) groups is 2. The summed E-state index contributed by atoms with van der Waals surface area (Å²) in [6.45, 7) is 7.98. The van der Waals surface area contributed by atoms with Crippen LogP contribution in [0.5, 0.6) is 0 Å². The summed E-state index contributed by atoms with van der Waals surface area (Å²) in [7, 11) is 0. The number of aryl methyl sites for hydroxylation is 1. The third-order valence-corrected chi connectivity index (χ3v) is 4.55. The highest BCUT2D eigenvalue weighted by atomic mass is 16.2. The molecule has 2 heterocycles. The molecule has 5 heteroatoms. The van der Waals surface area contributed by atoms with Crippen LogP contribution < -0.4 is 4.90 Å². The molecule has 0 saturated carbocycles. The monoisotopic (exact) mass is 301 g/mol. The molecular formula is C17H23N3O2. The van der Waals surface area contributed by atoms with Gasteiger partial charge in [-0.3, -0.25) is 19.4 Å². The minimum atomic E-state index is -0.152. The van der Waals surface area contributed by atoms with Crippen molar-refractivity contribution in [2.45, 2.75) is 20.3 Å². The molecule has 3 rings (SSSR count). The lowest BCUT2D eigenvalue weighted by molar-refractivity contribution is -0.141. The van der Waals surface area contributed by atoms with Crippen LogP contribution in [0.25, 0.3) is 0 Å². The lowest BCUT2D eigenvalue weighted by atomic mass is 10.1. The van der Waals surface area contributed by atoms with Crippen LogP contribution in [0, 0.1) is 12.8 Å². The van der Waals surface area contributed by atoms with Gasteiger partial charge in [-0.15, -0.1) is 0 Å². The van der Waals surface area contributed by atoms with Gasteiger partial charge in [0.2, 0.25) is 11.8 Å². The Kier molecular flexibility index (Phi) is 4.16. The zero-order valence-electron chi connectivity index (χ0n) is 13.3. The van der Waals surface area contributed by atoms with Gasteiger partial charge < -0.3 is 4.90 Å². The fourth-order valence-corrected chi connectivity index (χ4v) is 3.17. The van der Waals surface area contributed by atoms with Crippen molar-refractivity contribution in [3.63, 3.8) is 0 Å². The number of hydrogen-bond acceptors (Lipinski definition) is 4. The fourth-order valence-electron chi connectivity index (χ4n) is 3.17. The SMILES string of the molecule is Cc1cccc(N2CCN(CN3C(=O)CC(C)C3=O)CC2)c1. The van der Waals surface area contributed by atoms with E-state index in [1.807, 2.05) is 6.92 Å². The minimum absolute atomic E-state index is 0.0221. The average Bonchev–Trinajstić information content (AvgIpc) is 2.74. The molecule has 0 spiro atoms. The average molecular weight is 301 g/mol. The highest BCUT2D eigenvalue weighted by molar-refractivity contribution is 6.03. The third kappa shape index (κ3) is 2.99. The minimum Gasteiger partial charge on any atom is -0.369 e. The molecule has 22 heavy (non-hydrogen) atoms. The first kappa shape index (κ1) is 15.0. The van der Waals surface area contributed by atoms with Gasteiger partial charge in [0.1, 0.15) is 0 Å². The van der Waals surface area contributed by atoms with Crippen LogP contribution in [-0.4, -0.2) is 54.5 Å². The molecule has 1 aromatic carbocycles. The molecule has 0 aromatic heterocycles. The molecule has 2 amide bonds. The highest BCUT2D eigenvalue weighted by Gasteiger charge is 2.36. The second-order valence-electron chi connectivity index (χ2n) is 6.35. The van der Waals surface area contributed by atoms with E-state index in [1.165, 1.54) is 16.2 Å². The molecule has 2 aliphatic heterocycles. The Bertz CT molecular complexity index is 579. The highest BCUT2D eigenvalue weighted by Crippen LogP contribution is 2.21. The second-order valence-corrected chi connectivity index (χ2v) is 6.35. The van der Waals surface area contributed by atoms with Crippen molar-refractivity contribution in [3.8, 4) is 0 Å². The van der Waals surface area contributed by atoms with E-state index < -0.39 is 0 Å². The largest absolute Gasteiger partial charge is 0.369 e. The van der Waals surface area contributed by atoms with E-state index in [1.54, 1.807) is 0 Å². The first-order valence-corrected chi connectivity index (χ1v) is 7.93. The second kappa shape index (κ2) is 6.08. The smallest absolute Gasteiger partial charge is 0.233 e. The summed E-state index contributed by atoms with van der Waals surface area (Å²) in [6.07, 6.45) is 0.363. The van der Waals surface area contributed by atoms with Crippen molar-refractivity contribution < 1.29 is 9.59 Å². The number of carbonyl (C=O) groups excluding carboxylic acids is 2. The van der Waals surface area contributed by atoms with Gasteiger partial charge in [-0.2, -0.15) is 0 Å². The Balaban J connectivity index is 1.56. The maximum Gasteiger partial charge on any atom is 0.233 e. The molecular weight excluding hydrogens is 278 g/mol. The molecule has 0 aliphatic carbocycles. The molecule has 0 radical (unpaired) electrons. The lowest BCUT2D eigenvalue weighted by Gasteiger charge is -2.37. The zero-order valence-corrected chi connectivity index (χ0v) is 13.3. The van der Waals surface area contributed by atoms with Crippen molar-refractivity contribution in [2.24, 2.45) is 5.92 Å². The van der Waals surface area contributed by atoms with Crippen LogP contribution in [0.15, 0.2) is 24.3 Å². The molecule has 2 saturated heterocycles. The topological polar surface area (TPSA) is 43.9 Å². The van der Waals surface area contributed by atoms with E-state index in [-0.39, 0.29) is 17.7 Å². The molecule has 2 aliphatic rings.